The fourth-order valence-corrected chi connectivity index (χ4v) is 1.84. The highest BCUT2D eigenvalue weighted by Gasteiger charge is 2.21. The topological polar surface area (TPSA) is 29.5 Å². The lowest BCUT2D eigenvalue weighted by Crippen LogP contribution is -2.19. The molecule has 17 heavy (non-hydrogen) atoms. The molecule has 0 aliphatic rings. The largest absolute Gasteiger partial charge is 0.386 e. The molecule has 0 spiro atoms. The number of rotatable bonds is 4. The highest BCUT2D eigenvalue weighted by atomic mass is 16.5. The Kier molecular flexibility index (Phi) is 4.72. The van der Waals surface area contributed by atoms with Crippen LogP contribution in [0, 0.1) is 0 Å². The molecule has 1 atom stereocenters. The molecule has 1 rings (SSSR count). The molecule has 0 heterocycles. The van der Waals surface area contributed by atoms with Gasteiger partial charge in [-0.25, -0.2) is 0 Å². The van der Waals surface area contributed by atoms with Crippen LogP contribution in [0.3, 0.4) is 0 Å². The van der Waals surface area contributed by atoms with E-state index in [9.17, 15) is 5.11 Å². The first-order valence-corrected chi connectivity index (χ1v) is 6.21. The number of benzene rings is 1. The van der Waals surface area contributed by atoms with E-state index in [1.54, 1.807) is 0 Å². The Morgan fingerprint density at radius 2 is 1.76 bits per heavy atom. The van der Waals surface area contributed by atoms with E-state index in [-0.39, 0.29) is 11.5 Å². The maximum Gasteiger partial charge on any atom is 0.103 e. The minimum atomic E-state index is -0.548. The zero-order valence-electron chi connectivity index (χ0n) is 11.5. The predicted octanol–water partition coefficient (Wildman–Crippen LogP) is 3.44. The third-order valence-electron chi connectivity index (χ3n) is 2.72. The van der Waals surface area contributed by atoms with E-state index in [4.69, 9.17) is 4.74 Å². The normalized spacial score (nSPS) is 14.1. The first-order chi connectivity index (χ1) is 7.82. The third-order valence-corrected chi connectivity index (χ3v) is 2.72. The Labute approximate surface area is 105 Å². The monoisotopic (exact) mass is 236 g/mol. The Balaban J connectivity index is 2.89. The molecule has 2 nitrogen and oxygen atoms in total. The van der Waals surface area contributed by atoms with Gasteiger partial charge in [0.25, 0.3) is 0 Å². The van der Waals surface area contributed by atoms with E-state index >= 15 is 0 Å². The molecule has 0 aromatic heterocycles. The van der Waals surface area contributed by atoms with Crippen LogP contribution in [0.25, 0.3) is 0 Å². The van der Waals surface area contributed by atoms with Gasteiger partial charge >= 0.3 is 0 Å². The van der Waals surface area contributed by atoms with Gasteiger partial charge in [-0.05, 0) is 30.4 Å². The lowest BCUT2D eigenvalue weighted by molar-refractivity contribution is 0.00431. The predicted molar refractivity (Wildman–Crippen MR) is 71.2 cm³/mol. The minimum absolute atomic E-state index is 0.0371. The van der Waals surface area contributed by atoms with Gasteiger partial charge in [0, 0.05) is 0 Å². The summed E-state index contributed by atoms with van der Waals surface area (Å²) in [6.45, 7) is 10.8. The average Bonchev–Trinajstić information content (AvgIpc) is 2.24. The summed E-state index contributed by atoms with van der Waals surface area (Å²) in [5.41, 5.74) is 2.19. The van der Waals surface area contributed by atoms with Crippen molar-refractivity contribution < 1.29 is 9.84 Å². The summed E-state index contributed by atoms with van der Waals surface area (Å²) in [5.74, 6) is 0. The Hall–Kier alpha value is -0.860. The van der Waals surface area contributed by atoms with Crippen molar-refractivity contribution >= 4 is 0 Å². The van der Waals surface area contributed by atoms with E-state index in [0.717, 1.165) is 5.56 Å². The first kappa shape index (κ1) is 14.2. The van der Waals surface area contributed by atoms with Crippen molar-refractivity contribution in [1.29, 1.82) is 0 Å². The number of hydrogen-bond acceptors (Lipinski definition) is 2. The van der Waals surface area contributed by atoms with Crippen LogP contribution in [-0.4, -0.2) is 17.8 Å². The molecule has 1 N–H and O–H groups in total. The van der Waals surface area contributed by atoms with Crippen molar-refractivity contribution in [3.05, 3.63) is 35.4 Å². The molecule has 0 aliphatic heterocycles. The van der Waals surface area contributed by atoms with Crippen LogP contribution >= 0.6 is 0 Å². The number of hydrogen-bond donors (Lipinski definition) is 1. The number of aliphatic hydroxyl groups excluding tert-OH is 1. The van der Waals surface area contributed by atoms with Crippen LogP contribution in [-0.2, 0) is 10.2 Å². The molecule has 0 radical (unpaired) electrons. The molecule has 1 aromatic carbocycles. The number of aliphatic hydroxyl groups is 1. The van der Waals surface area contributed by atoms with Crippen LogP contribution < -0.4 is 0 Å². The first-order valence-electron chi connectivity index (χ1n) is 6.21. The Bertz CT molecular complexity index is 350. The summed E-state index contributed by atoms with van der Waals surface area (Å²) in [6.07, 6.45) is -0.403. The van der Waals surface area contributed by atoms with Crippen molar-refractivity contribution in [1.82, 2.24) is 0 Å². The number of ether oxygens (including phenoxy) is 1. The van der Waals surface area contributed by atoms with Gasteiger partial charge in [0.1, 0.15) is 6.10 Å². The van der Waals surface area contributed by atoms with Gasteiger partial charge in [-0.1, -0.05) is 45.0 Å². The van der Waals surface area contributed by atoms with Gasteiger partial charge in [0.05, 0.1) is 12.7 Å². The molecule has 0 bridgehead atoms. The van der Waals surface area contributed by atoms with E-state index < -0.39 is 6.10 Å². The molecule has 0 saturated heterocycles. The Morgan fingerprint density at radius 3 is 2.29 bits per heavy atom. The van der Waals surface area contributed by atoms with Gasteiger partial charge in [-0.15, -0.1) is 0 Å². The van der Waals surface area contributed by atoms with Crippen LogP contribution in [0.1, 0.15) is 51.8 Å². The van der Waals surface area contributed by atoms with Gasteiger partial charge in [-0.3, -0.25) is 0 Å². The highest BCUT2D eigenvalue weighted by Crippen LogP contribution is 2.29. The summed E-state index contributed by atoms with van der Waals surface area (Å²) in [5, 5.41) is 10.2. The molecular weight excluding hydrogens is 212 g/mol. The van der Waals surface area contributed by atoms with Crippen molar-refractivity contribution in [2.24, 2.45) is 0 Å². The zero-order chi connectivity index (χ0) is 13.1. The van der Waals surface area contributed by atoms with Crippen LogP contribution in [0.5, 0.6) is 0 Å². The average molecular weight is 236 g/mol. The molecule has 0 fully saturated rings. The maximum atomic E-state index is 10.2. The molecule has 96 valence electrons. The van der Waals surface area contributed by atoms with E-state index in [0.29, 0.717) is 6.61 Å². The minimum Gasteiger partial charge on any atom is -0.386 e. The quantitative estimate of drug-likeness (QED) is 0.867. The van der Waals surface area contributed by atoms with Crippen LogP contribution in [0.15, 0.2) is 24.3 Å². The molecule has 1 unspecified atom stereocenters. The highest BCUT2D eigenvalue weighted by molar-refractivity contribution is 5.34. The molecule has 0 aliphatic carbocycles. The molecular formula is C15H24O2. The van der Waals surface area contributed by atoms with Crippen molar-refractivity contribution in [3.63, 3.8) is 0 Å². The fourth-order valence-electron chi connectivity index (χ4n) is 1.84. The Morgan fingerprint density at radius 1 is 1.18 bits per heavy atom. The summed E-state index contributed by atoms with van der Waals surface area (Å²) in [7, 11) is 0. The van der Waals surface area contributed by atoms with Gasteiger partial charge < -0.3 is 9.84 Å². The van der Waals surface area contributed by atoms with Crippen LogP contribution in [0.4, 0.5) is 0 Å². The van der Waals surface area contributed by atoms with Crippen molar-refractivity contribution in [3.8, 4) is 0 Å². The van der Waals surface area contributed by atoms with E-state index in [1.165, 1.54) is 5.56 Å². The second-order valence-corrected chi connectivity index (χ2v) is 5.74. The van der Waals surface area contributed by atoms with Gasteiger partial charge in [-0.2, -0.15) is 0 Å². The summed E-state index contributed by atoms with van der Waals surface area (Å²) >= 11 is 0. The summed E-state index contributed by atoms with van der Waals surface area (Å²) in [4.78, 5) is 0. The second-order valence-electron chi connectivity index (χ2n) is 5.74. The maximum absolute atomic E-state index is 10.2. The summed E-state index contributed by atoms with van der Waals surface area (Å²) < 4.78 is 5.48. The molecule has 0 saturated carbocycles. The zero-order valence-corrected chi connectivity index (χ0v) is 11.5. The lowest BCUT2D eigenvalue weighted by atomic mass is 9.82. The van der Waals surface area contributed by atoms with E-state index in [2.05, 4.69) is 26.8 Å². The van der Waals surface area contributed by atoms with Gasteiger partial charge in [0.2, 0.25) is 0 Å². The second kappa shape index (κ2) is 5.65. The standard InChI is InChI=1S/C15H24O2/c1-11(2)17-10-14(16)12-8-6-7-9-13(12)15(3,4)5/h6-9,11,14,16H,10H2,1-5H3. The smallest absolute Gasteiger partial charge is 0.103 e. The van der Waals surface area contributed by atoms with Crippen molar-refractivity contribution in [2.75, 3.05) is 6.61 Å². The van der Waals surface area contributed by atoms with Crippen LogP contribution in [0.2, 0.25) is 0 Å². The molecule has 1 aromatic rings. The molecule has 2 heteroatoms. The van der Waals surface area contributed by atoms with Crippen molar-refractivity contribution in [2.45, 2.75) is 52.2 Å². The molecule has 0 amide bonds. The third kappa shape index (κ3) is 4.14. The fraction of sp³-hybridized carbons (Fsp3) is 0.600. The van der Waals surface area contributed by atoms with Gasteiger partial charge in [0.15, 0.2) is 0 Å². The van der Waals surface area contributed by atoms with E-state index in [1.807, 2.05) is 32.0 Å². The summed E-state index contributed by atoms with van der Waals surface area (Å²) in [6, 6.07) is 8.03. The SMILES string of the molecule is CC(C)OCC(O)c1ccccc1C(C)(C)C. The lowest BCUT2D eigenvalue weighted by Gasteiger charge is -2.25.